The van der Waals surface area contributed by atoms with Crippen molar-refractivity contribution >= 4 is 16.0 Å². The van der Waals surface area contributed by atoms with Crippen LogP contribution in [0.1, 0.15) is 5.56 Å². The molecule has 0 unspecified atom stereocenters. The fraction of sp³-hybridized carbons (Fsp3) is 0.250. The lowest BCUT2D eigenvalue weighted by Gasteiger charge is -2.11. The second-order valence-electron chi connectivity index (χ2n) is 4.82. The van der Waals surface area contributed by atoms with Crippen LogP contribution in [0.4, 0.5) is 13.2 Å². The molecule has 2 rings (SSSR count). The third-order valence-electron chi connectivity index (χ3n) is 2.83. The Bertz CT molecular complexity index is 873. The third kappa shape index (κ3) is 3.64. The van der Waals surface area contributed by atoms with Gasteiger partial charge in [0.2, 0.25) is 5.96 Å². The molecule has 0 saturated carbocycles. The van der Waals surface area contributed by atoms with Gasteiger partial charge in [-0.25, -0.2) is 9.67 Å². The molecule has 0 radical (unpaired) electrons. The fourth-order valence-electron chi connectivity index (χ4n) is 1.59. The van der Waals surface area contributed by atoms with Crippen molar-refractivity contribution in [1.82, 2.24) is 19.7 Å². The monoisotopic (exact) mass is 362 g/mol. The van der Waals surface area contributed by atoms with Gasteiger partial charge >= 0.3 is 6.18 Å². The molecule has 12 heteroatoms. The molecule has 130 valence electrons. The van der Waals surface area contributed by atoms with Gasteiger partial charge in [0.15, 0.2) is 5.82 Å². The maximum Gasteiger partial charge on any atom is 0.419 e. The molecule has 0 fully saturated rings. The summed E-state index contributed by atoms with van der Waals surface area (Å²) in [6.45, 7) is 0. The summed E-state index contributed by atoms with van der Waals surface area (Å²) in [6, 6.07) is 2.46. The molecule has 0 saturated heterocycles. The van der Waals surface area contributed by atoms with Crippen molar-refractivity contribution in [3.05, 3.63) is 36.3 Å². The van der Waals surface area contributed by atoms with Crippen LogP contribution in [-0.2, 0) is 16.2 Å². The van der Waals surface area contributed by atoms with Gasteiger partial charge < -0.3 is 10.6 Å². The van der Waals surface area contributed by atoms with E-state index in [1.807, 2.05) is 0 Å². The van der Waals surface area contributed by atoms with E-state index < -0.39 is 26.7 Å². The lowest BCUT2D eigenvalue weighted by atomic mass is 10.3. The van der Waals surface area contributed by atoms with Gasteiger partial charge in [-0.2, -0.15) is 26.7 Å². The van der Waals surface area contributed by atoms with Crippen LogP contribution in [-0.4, -0.2) is 48.1 Å². The van der Waals surface area contributed by atoms with E-state index >= 15 is 0 Å². The number of halogens is 3. The first-order valence-electron chi connectivity index (χ1n) is 6.37. The smallest absolute Gasteiger partial charge is 0.369 e. The Morgan fingerprint density at radius 1 is 1.38 bits per heavy atom. The average molecular weight is 362 g/mol. The molecule has 8 nitrogen and oxygen atoms in total. The van der Waals surface area contributed by atoms with Crippen molar-refractivity contribution in [2.45, 2.75) is 11.1 Å². The average Bonchev–Trinajstić information content (AvgIpc) is 2.96. The summed E-state index contributed by atoms with van der Waals surface area (Å²) in [7, 11) is -1.32. The minimum atomic E-state index is -4.61. The predicted octanol–water partition coefficient (Wildman–Crippen LogP) is 0.851. The van der Waals surface area contributed by atoms with E-state index in [0.717, 1.165) is 10.7 Å². The van der Waals surface area contributed by atoms with Crippen LogP contribution < -0.4 is 5.73 Å². The highest BCUT2D eigenvalue weighted by Crippen LogP contribution is 2.29. The first kappa shape index (κ1) is 17.7. The van der Waals surface area contributed by atoms with Crippen molar-refractivity contribution in [3.8, 4) is 5.82 Å². The lowest BCUT2D eigenvalue weighted by Crippen LogP contribution is -2.31. The molecule has 2 aromatic heterocycles. The van der Waals surface area contributed by atoms with Gasteiger partial charge in [0.05, 0.1) is 11.8 Å². The molecule has 0 aliphatic heterocycles. The Hall–Kier alpha value is -2.63. The summed E-state index contributed by atoms with van der Waals surface area (Å²) in [5.41, 5.74) is 4.46. The zero-order chi connectivity index (χ0) is 18.1. The number of hydrogen-bond donors (Lipinski definition) is 1. The summed E-state index contributed by atoms with van der Waals surface area (Å²) in [5, 5.41) is 3.52. The Balaban J connectivity index is 2.56. The van der Waals surface area contributed by atoms with E-state index in [2.05, 4.69) is 14.5 Å². The number of nitrogens with two attached hydrogens (primary N) is 1. The number of sulfonamides is 1. The van der Waals surface area contributed by atoms with E-state index in [-0.39, 0.29) is 11.8 Å². The number of aromatic nitrogens is 3. The maximum absolute atomic E-state index is 12.7. The maximum atomic E-state index is 12.7. The van der Waals surface area contributed by atoms with Crippen molar-refractivity contribution in [1.29, 1.82) is 0 Å². The molecule has 2 N–H and O–H groups in total. The molecule has 0 aliphatic carbocycles. The quantitative estimate of drug-likeness (QED) is 0.641. The van der Waals surface area contributed by atoms with Crippen molar-refractivity contribution < 1.29 is 21.6 Å². The molecular formula is C12H13F3N6O2S. The summed E-state index contributed by atoms with van der Waals surface area (Å²) >= 11 is 0. The predicted molar refractivity (Wildman–Crippen MR) is 78.9 cm³/mol. The van der Waals surface area contributed by atoms with Crippen LogP contribution in [0.15, 0.2) is 40.0 Å². The molecule has 0 spiro atoms. The number of alkyl halides is 3. The molecule has 0 amide bonds. The van der Waals surface area contributed by atoms with Gasteiger partial charge in [-0.15, -0.1) is 4.40 Å². The molecule has 2 aromatic rings. The van der Waals surface area contributed by atoms with E-state index in [4.69, 9.17) is 5.73 Å². The van der Waals surface area contributed by atoms with Crippen molar-refractivity contribution in [2.75, 3.05) is 14.1 Å². The molecule has 0 aliphatic rings. The van der Waals surface area contributed by atoms with Gasteiger partial charge in [0.25, 0.3) is 10.0 Å². The molecule has 0 aromatic carbocycles. The highest BCUT2D eigenvalue weighted by Gasteiger charge is 2.33. The highest BCUT2D eigenvalue weighted by molar-refractivity contribution is 7.90. The van der Waals surface area contributed by atoms with E-state index in [0.29, 0.717) is 12.4 Å². The normalized spacial score (nSPS) is 13.1. The number of hydrogen-bond acceptors (Lipinski definition) is 4. The minimum absolute atomic E-state index is 0.291. The van der Waals surface area contributed by atoms with Crippen molar-refractivity contribution in [3.63, 3.8) is 0 Å². The SMILES string of the molecule is CN(C)/C(N)=N/S(=O)(=O)c1cccnc1-n1cc(C(F)(F)F)cn1. The van der Waals surface area contributed by atoms with E-state index in [1.165, 1.54) is 31.3 Å². The zero-order valence-electron chi connectivity index (χ0n) is 12.6. The van der Waals surface area contributed by atoms with Crippen molar-refractivity contribution in [2.24, 2.45) is 10.1 Å². The third-order valence-corrected chi connectivity index (χ3v) is 4.13. The fourth-order valence-corrected chi connectivity index (χ4v) is 2.73. The molecule has 2 heterocycles. The summed E-state index contributed by atoms with van der Waals surface area (Å²) in [6.07, 6.45) is -2.18. The summed E-state index contributed by atoms with van der Waals surface area (Å²) in [5.74, 6) is -0.607. The number of nitrogens with zero attached hydrogens (tertiary/aromatic N) is 5. The molecule has 0 atom stereocenters. The van der Waals surface area contributed by atoms with Gasteiger partial charge in [-0.3, -0.25) is 0 Å². The number of pyridine rings is 1. The Morgan fingerprint density at radius 2 is 2.04 bits per heavy atom. The first-order chi connectivity index (χ1) is 11.0. The number of rotatable bonds is 3. The van der Waals surface area contributed by atoms with E-state index in [9.17, 15) is 21.6 Å². The Kier molecular flexibility index (Phi) is 4.51. The first-order valence-corrected chi connectivity index (χ1v) is 7.81. The van der Waals surface area contributed by atoms with Crippen LogP contribution >= 0.6 is 0 Å². The molecule has 0 bridgehead atoms. The highest BCUT2D eigenvalue weighted by atomic mass is 32.2. The zero-order valence-corrected chi connectivity index (χ0v) is 13.4. The van der Waals surface area contributed by atoms with Gasteiger partial charge in [-0.05, 0) is 12.1 Å². The van der Waals surface area contributed by atoms with Gasteiger partial charge in [-0.1, -0.05) is 0 Å². The van der Waals surface area contributed by atoms with Crippen LogP contribution in [0.2, 0.25) is 0 Å². The molecule has 24 heavy (non-hydrogen) atoms. The Morgan fingerprint density at radius 3 is 2.58 bits per heavy atom. The second-order valence-corrected chi connectivity index (χ2v) is 6.39. The number of guanidine groups is 1. The summed E-state index contributed by atoms with van der Waals surface area (Å²) in [4.78, 5) is 4.64. The molecular weight excluding hydrogens is 349 g/mol. The standard InChI is InChI=1S/C12H13F3N6O2S/c1-20(2)11(16)19-24(22,23)9-4-3-5-17-10(9)21-7-8(6-18-21)12(13,14)15/h3-7H,1-2H3,(H2,16,19). The van der Waals surface area contributed by atoms with Crippen LogP contribution in [0.5, 0.6) is 0 Å². The summed E-state index contributed by atoms with van der Waals surface area (Å²) < 4.78 is 66.9. The van der Waals surface area contributed by atoms with Crippen LogP contribution in [0.3, 0.4) is 0 Å². The van der Waals surface area contributed by atoms with Crippen LogP contribution in [0, 0.1) is 0 Å². The van der Waals surface area contributed by atoms with Gasteiger partial charge in [0.1, 0.15) is 4.90 Å². The Labute approximate surface area is 135 Å². The topological polar surface area (TPSA) is 106 Å². The van der Waals surface area contributed by atoms with E-state index in [1.54, 1.807) is 0 Å². The van der Waals surface area contributed by atoms with Crippen LogP contribution in [0.25, 0.3) is 5.82 Å². The second kappa shape index (κ2) is 6.11. The van der Waals surface area contributed by atoms with Gasteiger partial charge in [0, 0.05) is 26.5 Å². The largest absolute Gasteiger partial charge is 0.419 e. The lowest BCUT2D eigenvalue weighted by molar-refractivity contribution is -0.137. The minimum Gasteiger partial charge on any atom is -0.369 e.